The molecule has 2 amide bonds. The first kappa shape index (κ1) is 25.7. The van der Waals surface area contributed by atoms with Crippen LogP contribution >= 0.6 is 34.8 Å². The number of ether oxygens (including phenoxy) is 1. The minimum atomic E-state index is -1.20. The molecular formula is C29H16Cl3NO5. The van der Waals surface area contributed by atoms with Gasteiger partial charge in [0.25, 0.3) is 11.8 Å². The van der Waals surface area contributed by atoms with E-state index in [9.17, 15) is 19.2 Å². The van der Waals surface area contributed by atoms with Crippen molar-refractivity contribution in [2.24, 2.45) is 0 Å². The van der Waals surface area contributed by atoms with Gasteiger partial charge in [-0.1, -0.05) is 65.1 Å². The first-order chi connectivity index (χ1) is 18.2. The van der Waals surface area contributed by atoms with Gasteiger partial charge < -0.3 is 4.74 Å². The summed E-state index contributed by atoms with van der Waals surface area (Å²) in [5, 5.41) is 0.791. The normalized spacial score (nSPS) is 13.3. The predicted molar refractivity (Wildman–Crippen MR) is 144 cm³/mol. The molecule has 1 atom stereocenters. The maximum atomic E-state index is 13.3. The zero-order valence-corrected chi connectivity index (χ0v) is 21.6. The van der Waals surface area contributed by atoms with Gasteiger partial charge in [0.15, 0.2) is 6.10 Å². The van der Waals surface area contributed by atoms with E-state index >= 15 is 0 Å². The zero-order chi connectivity index (χ0) is 27.0. The summed E-state index contributed by atoms with van der Waals surface area (Å²) in [5.74, 6) is -2.29. The van der Waals surface area contributed by atoms with Crippen LogP contribution in [0.5, 0.6) is 0 Å². The van der Waals surface area contributed by atoms with Crippen molar-refractivity contribution < 1.29 is 23.9 Å². The average molecular weight is 565 g/mol. The van der Waals surface area contributed by atoms with Gasteiger partial charge in [0.05, 0.1) is 32.4 Å². The average Bonchev–Trinajstić information content (AvgIpc) is 3.16. The molecule has 4 aromatic carbocycles. The van der Waals surface area contributed by atoms with Crippen LogP contribution in [0, 0.1) is 0 Å². The first-order valence-corrected chi connectivity index (χ1v) is 12.4. The Hall–Kier alpha value is -3.97. The molecule has 1 heterocycles. The molecule has 0 N–H and O–H groups in total. The highest BCUT2D eigenvalue weighted by Gasteiger charge is 2.37. The maximum Gasteiger partial charge on any atom is 0.339 e. The molecule has 9 heteroatoms. The van der Waals surface area contributed by atoms with E-state index in [1.54, 1.807) is 54.6 Å². The summed E-state index contributed by atoms with van der Waals surface area (Å²) >= 11 is 18.0. The third-order valence-electron chi connectivity index (χ3n) is 5.98. The highest BCUT2D eigenvalue weighted by atomic mass is 35.5. The van der Waals surface area contributed by atoms with Gasteiger partial charge in [0.2, 0.25) is 5.78 Å². The van der Waals surface area contributed by atoms with Crippen molar-refractivity contribution in [3.63, 3.8) is 0 Å². The van der Waals surface area contributed by atoms with E-state index in [4.69, 9.17) is 39.5 Å². The third-order valence-corrected chi connectivity index (χ3v) is 6.96. The Bertz CT molecular complexity index is 1540. The Morgan fingerprint density at radius 3 is 1.76 bits per heavy atom. The van der Waals surface area contributed by atoms with Crippen LogP contribution in [-0.4, -0.2) is 23.6 Å². The first-order valence-electron chi connectivity index (χ1n) is 11.3. The Morgan fingerprint density at radius 2 is 1.21 bits per heavy atom. The van der Waals surface area contributed by atoms with Gasteiger partial charge in [0.1, 0.15) is 0 Å². The van der Waals surface area contributed by atoms with Crippen molar-refractivity contribution in [1.82, 2.24) is 0 Å². The van der Waals surface area contributed by atoms with Crippen LogP contribution in [0.1, 0.15) is 53.1 Å². The summed E-state index contributed by atoms with van der Waals surface area (Å²) in [7, 11) is 0. The molecule has 0 saturated heterocycles. The molecular weight excluding hydrogens is 549 g/mol. The van der Waals surface area contributed by atoms with Crippen molar-refractivity contribution in [1.29, 1.82) is 0 Å². The van der Waals surface area contributed by atoms with Crippen molar-refractivity contribution in [2.75, 3.05) is 4.90 Å². The second kappa shape index (κ2) is 10.4. The molecule has 1 aliphatic heterocycles. The quantitative estimate of drug-likeness (QED) is 0.140. The molecule has 188 valence electrons. The van der Waals surface area contributed by atoms with Crippen LogP contribution in [0.25, 0.3) is 0 Å². The lowest BCUT2D eigenvalue weighted by Crippen LogP contribution is -2.29. The Morgan fingerprint density at radius 1 is 0.684 bits per heavy atom. The molecule has 0 radical (unpaired) electrons. The molecule has 0 unspecified atom stereocenters. The minimum Gasteiger partial charge on any atom is -0.445 e. The number of nitrogens with zero attached hydrogens (tertiary/aromatic N) is 1. The number of fused-ring (bicyclic) bond motifs is 1. The van der Waals surface area contributed by atoms with Gasteiger partial charge in [-0.05, 0) is 60.7 Å². The maximum absolute atomic E-state index is 13.3. The number of esters is 1. The fraction of sp³-hybridized carbons (Fsp3) is 0.0345. The summed E-state index contributed by atoms with van der Waals surface area (Å²) in [6, 6.07) is 23.4. The predicted octanol–water partition coefficient (Wildman–Crippen LogP) is 7.23. The molecule has 0 spiro atoms. The zero-order valence-electron chi connectivity index (χ0n) is 19.4. The van der Waals surface area contributed by atoms with Crippen LogP contribution in [0.2, 0.25) is 15.1 Å². The van der Waals surface area contributed by atoms with Gasteiger partial charge in [-0.2, -0.15) is 0 Å². The summed E-state index contributed by atoms with van der Waals surface area (Å²) in [5.41, 5.74) is 1.48. The number of anilines is 1. The number of carbonyl (C=O) groups is 4. The largest absolute Gasteiger partial charge is 0.445 e. The number of hydrogen-bond acceptors (Lipinski definition) is 5. The minimum absolute atomic E-state index is 0.126. The van der Waals surface area contributed by atoms with Crippen LogP contribution in [0.4, 0.5) is 5.69 Å². The Balaban J connectivity index is 1.39. The number of rotatable bonds is 6. The Kier molecular flexibility index (Phi) is 7.04. The van der Waals surface area contributed by atoms with E-state index < -0.39 is 29.7 Å². The molecule has 6 nitrogen and oxygen atoms in total. The summed E-state index contributed by atoms with van der Waals surface area (Å²) in [4.78, 5) is 53.1. The molecule has 5 rings (SSSR count). The molecule has 0 saturated carbocycles. The number of benzene rings is 4. The molecule has 0 fully saturated rings. The summed E-state index contributed by atoms with van der Waals surface area (Å²) in [6.45, 7) is 0. The van der Waals surface area contributed by atoms with E-state index in [0.29, 0.717) is 16.1 Å². The number of amides is 2. The van der Waals surface area contributed by atoms with E-state index in [1.165, 1.54) is 36.4 Å². The van der Waals surface area contributed by atoms with Crippen LogP contribution in [-0.2, 0) is 4.74 Å². The van der Waals surface area contributed by atoms with Crippen molar-refractivity contribution in [2.45, 2.75) is 6.10 Å². The van der Waals surface area contributed by atoms with E-state index in [-0.39, 0.29) is 32.4 Å². The highest BCUT2D eigenvalue weighted by molar-refractivity contribution is 6.44. The molecule has 4 aromatic rings. The number of hydrogen-bond donors (Lipinski definition) is 0. The highest BCUT2D eigenvalue weighted by Crippen LogP contribution is 2.34. The SMILES string of the molecule is O=C(O[C@H](C(=O)c1ccc(Cl)cc1)c1ccccc1)c1ccc(N2C(=O)c3cc(Cl)c(Cl)cc3C2=O)cc1. The number of ketones is 1. The molecule has 0 bridgehead atoms. The number of imide groups is 1. The summed E-state index contributed by atoms with van der Waals surface area (Å²) in [6.07, 6.45) is -1.20. The van der Waals surface area contributed by atoms with Gasteiger partial charge in [-0.3, -0.25) is 14.4 Å². The van der Waals surface area contributed by atoms with E-state index in [0.717, 1.165) is 4.90 Å². The van der Waals surface area contributed by atoms with Gasteiger partial charge in [-0.25, -0.2) is 9.69 Å². The molecule has 0 aromatic heterocycles. The van der Waals surface area contributed by atoms with Gasteiger partial charge >= 0.3 is 5.97 Å². The van der Waals surface area contributed by atoms with E-state index in [1.807, 2.05) is 0 Å². The summed E-state index contributed by atoms with van der Waals surface area (Å²) < 4.78 is 5.66. The lowest BCUT2D eigenvalue weighted by Gasteiger charge is -2.18. The van der Waals surface area contributed by atoms with Crippen molar-refractivity contribution >= 4 is 64.1 Å². The van der Waals surface area contributed by atoms with Crippen LogP contribution in [0.15, 0.2) is 91.0 Å². The fourth-order valence-electron chi connectivity index (χ4n) is 4.06. The second-order valence-corrected chi connectivity index (χ2v) is 9.62. The molecule has 38 heavy (non-hydrogen) atoms. The lowest BCUT2D eigenvalue weighted by molar-refractivity contribution is 0.0280. The monoisotopic (exact) mass is 563 g/mol. The smallest absolute Gasteiger partial charge is 0.339 e. The molecule has 1 aliphatic rings. The number of halogens is 3. The number of Topliss-reactive ketones (excluding diaryl/α,β-unsaturated/α-hetero) is 1. The van der Waals surface area contributed by atoms with Crippen molar-refractivity contribution in [3.8, 4) is 0 Å². The molecule has 0 aliphatic carbocycles. The van der Waals surface area contributed by atoms with Gasteiger partial charge in [-0.15, -0.1) is 0 Å². The fourth-order valence-corrected chi connectivity index (χ4v) is 4.51. The second-order valence-electron chi connectivity index (χ2n) is 8.37. The van der Waals surface area contributed by atoms with Gasteiger partial charge in [0, 0.05) is 16.1 Å². The Labute approximate surface area is 232 Å². The van der Waals surface area contributed by atoms with Crippen molar-refractivity contribution in [3.05, 3.63) is 134 Å². The van der Waals surface area contributed by atoms with E-state index in [2.05, 4.69) is 0 Å². The van der Waals surface area contributed by atoms with Crippen LogP contribution < -0.4 is 4.90 Å². The number of carbonyl (C=O) groups excluding carboxylic acids is 4. The third kappa shape index (κ3) is 4.82. The standard InChI is InChI=1S/C29H16Cl3NO5/c30-19-10-6-16(7-11-19)25(34)26(17-4-2-1-3-5-17)38-29(37)18-8-12-20(13-9-18)33-27(35)21-14-23(31)24(32)15-22(21)28(33)36/h1-15,26H/t26-/m0/s1. The van der Waals surface area contributed by atoms with Crippen LogP contribution in [0.3, 0.4) is 0 Å². The lowest BCUT2D eigenvalue weighted by atomic mass is 9.99. The topological polar surface area (TPSA) is 80.8 Å².